The van der Waals surface area contributed by atoms with E-state index in [1.807, 2.05) is 13.0 Å². The molecule has 1 aromatic heterocycles. The van der Waals surface area contributed by atoms with E-state index in [4.69, 9.17) is 0 Å². The number of aryl methyl sites for hydroxylation is 1. The van der Waals surface area contributed by atoms with Crippen molar-refractivity contribution in [3.63, 3.8) is 0 Å². The molecule has 0 bridgehead atoms. The minimum Gasteiger partial charge on any atom is -0.478 e. The van der Waals surface area contributed by atoms with Gasteiger partial charge in [0.2, 0.25) is 0 Å². The highest BCUT2D eigenvalue weighted by molar-refractivity contribution is 7.16. The van der Waals surface area contributed by atoms with Crippen molar-refractivity contribution in [2.75, 3.05) is 4.90 Å². The fourth-order valence-corrected chi connectivity index (χ4v) is 11.6. The van der Waals surface area contributed by atoms with Crippen molar-refractivity contribution in [1.29, 1.82) is 0 Å². The van der Waals surface area contributed by atoms with E-state index in [-0.39, 0.29) is 22.1 Å². The molecule has 7 nitrogen and oxygen atoms in total. The maximum absolute atomic E-state index is 13.2. The molecule has 2 heterocycles. The normalized spacial score (nSPS) is 18.3. The van der Waals surface area contributed by atoms with Gasteiger partial charge in [-0.15, -0.1) is 11.3 Å². The standard InChI is InChI=1S/C51H47NO6S/c1-4-6-22-51(23-7-5-2)41-15-9-8-12-32(41)35-26-31(19-20-42(35)51)52-43-16-10-13-33(43)36-25-30(18-21-44(36)52)46-24-29(3)45(59-46)17-11-14-34-47(53)37-27-39(49(55)56)40(50(57)58)28-38(37)48(34)54/h8-9,11-12,14-15,17-21,24-28,33,43H,4-7,10,13,16,22-23H2,1-3H3,(H,55,56)(H,57,58)/b17-11+. The Bertz CT molecular complexity index is 2600. The summed E-state index contributed by atoms with van der Waals surface area (Å²) in [7, 11) is 0. The zero-order valence-electron chi connectivity index (χ0n) is 33.6. The molecule has 298 valence electrons. The van der Waals surface area contributed by atoms with Crippen LogP contribution in [0.1, 0.15) is 146 Å². The number of ketones is 2. The number of carbonyl (C=O) groups is 4. The fourth-order valence-electron chi connectivity index (χ4n) is 10.5. The van der Waals surface area contributed by atoms with Gasteiger partial charge in [0.05, 0.1) is 16.7 Å². The molecule has 4 aliphatic rings. The van der Waals surface area contributed by atoms with E-state index in [0.717, 1.165) is 27.5 Å². The summed E-state index contributed by atoms with van der Waals surface area (Å²) in [5, 5.41) is 19.0. The van der Waals surface area contributed by atoms with Gasteiger partial charge in [0.15, 0.2) is 11.6 Å². The van der Waals surface area contributed by atoms with E-state index in [9.17, 15) is 29.4 Å². The van der Waals surface area contributed by atoms with Crippen LogP contribution in [-0.4, -0.2) is 39.8 Å². The molecule has 2 atom stereocenters. The number of rotatable bonds is 12. The van der Waals surface area contributed by atoms with E-state index in [1.54, 1.807) is 17.4 Å². The SMILES string of the molecule is CCCCC1(CCCC)c2ccccc2-c2cc(N3c4ccc(-c5cc(C)c(/C=C/C=C6C(=O)c7cc(C(=O)O)c(C(=O)O)cc7C6=O)s5)cc4C4CCCC43)ccc21. The van der Waals surface area contributed by atoms with E-state index in [2.05, 4.69) is 85.5 Å². The van der Waals surface area contributed by atoms with Crippen LogP contribution in [0.2, 0.25) is 0 Å². The number of hydrogen-bond donors (Lipinski definition) is 2. The van der Waals surface area contributed by atoms with Crippen molar-refractivity contribution >= 4 is 52.3 Å². The molecule has 3 aliphatic carbocycles. The second kappa shape index (κ2) is 15.1. The number of carbonyl (C=O) groups excluding carboxylic acids is 2. The van der Waals surface area contributed by atoms with Gasteiger partial charge in [-0.1, -0.05) is 88.4 Å². The highest BCUT2D eigenvalue weighted by Crippen LogP contribution is 2.58. The minimum atomic E-state index is -1.48. The number of unbranched alkanes of at least 4 members (excludes halogenated alkanes) is 2. The second-order valence-corrected chi connectivity index (χ2v) is 17.7. The van der Waals surface area contributed by atoms with Crippen LogP contribution >= 0.6 is 11.3 Å². The van der Waals surface area contributed by atoms with Gasteiger partial charge in [-0.25, -0.2) is 9.59 Å². The Balaban J connectivity index is 1.01. The van der Waals surface area contributed by atoms with Gasteiger partial charge in [0, 0.05) is 49.6 Å². The van der Waals surface area contributed by atoms with Crippen LogP contribution in [0.25, 0.3) is 27.6 Å². The molecule has 1 aliphatic heterocycles. The van der Waals surface area contributed by atoms with Crippen molar-refractivity contribution < 1.29 is 29.4 Å². The molecule has 2 N–H and O–H groups in total. The molecule has 0 amide bonds. The van der Waals surface area contributed by atoms with Crippen molar-refractivity contribution in [3.05, 3.63) is 146 Å². The predicted molar refractivity (Wildman–Crippen MR) is 235 cm³/mol. The molecule has 59 heavy (non-hydrogen) atoms. The molecule has 8 heteroatoms. The molecular weight excluding hydrogens is 755 g/mol. The summed E-state index contributed by atoms with van der Waals surface area (Å²) in [5.41, 5.74) is 10.7. The van der Waals surface area contributed by atoms with Gasteiger partial charge in [0.1, 0.15) is 0 Å². The Morgan fingerprint density at radius 2 is 1.47 bits per heavy atom. The zero-order chi connectivity index (χ0) is 41.2. The number of fused-ring (bicyclic) bond motifs is 7. The van der Waals surface area contributed by atoms with Crippen LogP contribution in [0.15, 0.2) is 96.6 Å². The summed E-state index contributed by atoms with van der Waals surface area (Å²) in [6, 6.07) is 28.0. The van der Waals surface area contributed by atoms with Crippen LogP contribution in [0.5, 0.6) is 0 Å². The van der Waals surface area contributed by atoms with Crippen LogP contribution < -0.4 is 4.90 Å². The first-order valence-corrected chi connectivity index (χ1v) is 21.8. The summed E-state index contributed by atoms with van der Waals surface area (Å²) >= 11 is 1.65. The summed E-state index contributed by atoms with van der Waals surface area (Å²) in [6.45, 7) is 6.65. The van der Waals surface area contributed by atoms with Crippen molar-refractivity contribution in [1.82, 2.24) is 0 Å². The largest absolute Gasteiger partial charge is 0.478 e. The molecule has 2 unspecified atom stereocenters. The number of carboxylic acids is 2. The topological polar surface area (TPSA) is 112 Å². The van der Waals surface area contributed by atoms with Gasteiger partial charge < -0.3 is 15.1 Å². The monoisotopic (exact) mass is 801 g/mol. The van der Waals surface area contributed by atoms with Gasteiger partial charge in [0.25, 0.3) is 0 Å². The fraction of sp³-hybridized carbons (Fsp3) is 0.294. The number of thiophene rings is 1. The molecule has 0 saturated heterocycles. The maximum Gasteiger partial charge on any atom is 0.336 e. The molecule has 0 spiro atoms. The molecule has 1 fully saturated rings. The van der Waals surface area contributed by atoms with E-state index in [1.165, 1.54) is 109 Å². The predicted octanol–water partition coefficient (Wildman–Crippen LogP) is 12.6. The molecule has 5 aromatic rings. The average molecular weight is 802 g/mol. The Hall–Kier alpha value is -5.86. The van der Waals surface area contributed by atoms with Crippen molar-refractivity contribution in [2.24, 2.45) is 0 Å². The Morgan fingerprint density at radius 1 is 0.797 bits per heavy atom. The lowest BCUT2D eigenvalue weighted by Crippen LogP contribution is -2.27. The van der Waals surface area contributed by atoms with E-state index in [0.29, 0.717) is 12.0 Å². The number of Topliss-reactive ketones (excluding diaryl/α,β-unsaturated/α-hetero) is 2. The first-order chi connectivity index (χ1) is 28.6. The summed E-state index contributed by atoms with van der Waals surface area (Å²) in [6.07, 6.45) is 15.7. The first kappa shape index (κ1) is 38.6. The van der Waals surface area contributed by atoms with Crippen LogP contribution in [0.3, 0.4) is 0 Å². The Labute approximate surface area is 348 Å². The second-order valence-electron chi connectivity index (χ2n) is 16.6. The summed E-state index contributed by atoms with van der Waals surface area (Å²) in [4.78, 5) is 54.5. The van der Waals surface area contributed by atoms with Crippen LogP contribution in [0, 0.1) is 6.92 Å². The number of allylic oxidation sites excluding steroid dienone is 3. The number of anilines is 2. The molecule has 0 radical (unpaired) electrons. The number of aromatic carboxylic acids is 2. The molecular formula is C51H47NO6S. The average Bonchev–Trinajstić information content (AvgIpc) is 4.04. The number of carboxylic acid groups (broad SMARTS) is 2. The van der Waals surface area contributed by atoms with E-state index < -0.39 is 34.6 Å². The third kappa shape index (κ3) is 6.22. The minimum absolute atomic E-state index is 0.0763. The van der Waals surface area contributed by atoms with Gasteiger partial charge in [-0.05, 0) is 126 Å². The van der Waals surface area contributed by atoms with Gasteiger partial charge >= 0.3 is 11.9 Å². The highest BCUT2D eigenvalue weighted by Gasteiger charge is 2.45. The highest BCUT2D eigenvalue weighted by atomic mass is 32.1. The number of benzene rings is 4. The first-order valence-electron chi connectivity index (χ1n) is 21.0. The van der Waals surface area contributed by atoms with Gasteiger partial charge in [-0.2, -0.15) is 0 Å². The van der Waals surface area contributed by atoms with Crippen molar-refractivity contribution in [2.45, 2.75) is 95.9 Å². The Morgan fingerprint density at radius 3 is 2.15 bits per heavy atom. The van der Waals surface area contributed by atoms with E-state index >= 15 is 0 Å². The lowest BCUT2D eigenvalue weighted by atomic mass is 9.71. The third-order valence-corrected chi connectivity index (χ3v) is 14.5. The lowest BCUT2D eigenvalue weighted by Gasteiger charge is -2.33. The molecule has 4 aromatic carbocycles. The maximum atomic E-state index is 13.2. The number of nitrogens with zero attached hydrogens (tertiary/aromatic N) is 1. The van der Waals surface area contributed by atoms with Gasteiger partial charge in [-0.3, -0.25) is 9.59 Å². The summed E-state index contributed by atoms with van der Waals surface area (Å²) in [5.74, 6) is -3.73. The van der Waals surface area contributed by atoms with Crippen molar-refractivity contribution in [3.8, 4) is 21.6 Å². The quantitative estimate of drug-likeness (QED) is 0.0954. The smallest absolute Gasteiger partial charge is 0.336 e. The Kier molecular flexibility index (Phi) is 9.87. The van der Waals surface area contributed by atoms with Crippen LogP contribution in [0.4, 0.5) is 11.4 Å². The zero-order valence-corrected chi connectivity index (χ0v) is 34.5. The molecule has 1 saturated carbocycles. The molecule has 9 rings (SSSR count). The third-order valence-electron chi connectivity index (χ3n) is 13.3. The number of hydrogen-bond acceptors (Lipinski definition) is 6. The van der Waals surface area contributed by atoms with Crippen LogP contribution in [-0.2, 0) is 5.41 Å². The lowest BCUT2D eigenvalue weighted by molar-refractivity contribution is 0.0651. The summed E-state index contributed by atoms with van der Waals surface area (Å²) < 4.78 is 0.